The number of benzene rings is 2. The highest BCUT2D eigenvalue weighted by Gasteiger charge is 2.16. The molecule has 2 aromatic rings. The van der Waals surface area contributed by atoms with Crippen LogP contribution in [0.2, 0.25) is 5.02 Å². The van der Waals surface area contributed by atoms with Crippen LogP contribution in [0.4, 0.5) is 10.1 Å². The number of halogens is 2. The van der Waals surface area contributed by atoms with Crippen molar-refractivity contribution in [2.45, 2.75) is 20.0 Å². The number of hydrogen-bond acceptors (Lipinski definition) is 3. The number of carbonyl (C=O) groups is 2. The lowest BCUT2D eigenvalue weighted by atomic mass is 10.1. The highest BCUT2D eigenvalue weighted by atomic mass is 35.5. The van der Waals surface area contributed by atoms with Crippen LogP contribution in [0.1, 0.15) is 24.2 Å². The molecule has 0 saturated carbocycles. The number of amides is 1. The molecule has 0 heterocycles. The van der Waals surface area contributed by atoms with Crippen LogP contribution in [0.3, 0.4) is 0 Å². The first-order chi connectivity index (χ1) is 10.9. The zero-order valence-corrected chi connectivity index (χ0v) is 13.4. The molecule has 0 aliphatic carbocycles. The van der Waals surface area contributed by atoms with E-state index in [-0.39, 0.29) is 10.8 Å². The van der Waals surface area contributed by atoms with E-state index in [9.17, 15) is 14.0 Å². The Morgan fingerprint density at radius 2 is 1.96 bits per heavy atom. The summed E-state index contributed by atoms with van der Waals surface area (Å²) in [6.07, 6.45) is -0.821. The van der Waals surface area contributed by atoms with Gasteiger partial charge >= 0.3 is 0 Å². The normalized spacial score (nSPS) is 11.7. The highest BCUT2D eigenvalue weighted by Crippen LogP contribution is 2.23. The van der Waals surface area contributed by atoms with E-state index >= 15 is 0 Å². The van der Waals surface area contributed by atoms with E-state index in [1.165, 1.54) is 19.1 Å². The molecule has 1 unspecified atom stereocenters. The molecule has 2 aromatic carbocycles. The lowest BCUT2D eigenvalue weighted by Gasteiger charge is -2.15. The first-order valence-electron chi connectivity index (χ1n) is 6.90. The number of carbonyl (C=O) groups excluding carboxylic acids is 2. The van der Waals surface area contributed by atoms with Crippen LogP contribution in [-0.4, -0.2) is 17.8 Å². The third kappa shape index (κ3) is 4.53. The minimum Gasteiger partial charge on any atom is -0.481 e. The van der Waals surface area contributed by atoms with E-state index < -0.39 is 17.8 Å². The van der Waals surface area contributed by atoms with Crippen molar-refractivity contribution in [3.63, 3.8) is 0 Å². The van der Waals surface area contributed by atoms with Crippen LogP contribution in [-0.2, 0) is 4.79 Å². The molecule has 0 spiro atoms. The van der Waals surface area contributed by atoms with Crippen molar-refractivity contribution in [2.24, 2.45) is 0 Å². The average Bonchev–Trinajstić information content (AvgIpc) is 2.50. The minimum absolute atomic E-state index is 0.0920. The fourth-order valence-electron chi connectivity index (χ4n) is 1.87. The van der Waals surface area contributed by atoms with Crippen molar-refractivity contribution in [3.05, 3.63) is 58.9 Å². The van der Waals surface area contributed by atoms with Gasteiger partial charge in [-0.15, -0.1) is 0 Å². The number of hydrogen-bond donors (Lipinski definition) is 1. The number of ketones is 1. The minimum atomic E-state index is -0.821. The van der Waals surface area contributed by atoms with Crippen LogP contribution in [0, 0.1) is 5.82 Å². The summed E-state index contributed by atoms with van der Waals surface area (Å²) in [6, 6.07) is 10.2. The standard InChI is InChI=1S/C17H15ClFNO3/c1-10(21)12-4-3-5-14(8-12)23-11(2)17(22)20-16-7-6-13(19)9-15(16)18/h3-9,11H,1-2H3,(H,20,22). The quantitative estimate of drug-likeness (QED) is 0.837. The molecule has 23 heavy (non-hydrogen) atoms. The molecule has 0 saturated heterocycles. The van der Waals surface area contributed by atoms with Gasteiger partial charge in [0.15, 0.2) is 11.9 Å². The Balaban J connectivity index is 2.05. The number of anilines is 1. The topological polar surface area (TPSA) is 55.4 Å². The van der Waals surface area contributed by atoms with Gasteiger partial charge in [-0.05, 0) is 44.2 Å². The SMILES string of the molecule is CC(=O)c1cccc(OC(C)C(=O)Nc2ccc(F)cc2Cl)c1. The zero-order chi connectivity index (χ0) is 17.0. The van der Waals surface area contributed by atoms with Gasteiger partial charge in [0, 0.05) is 5.56 Å². The summed E-state index contributed by atoms with van der Waals surface area (Å²) < 4.78 is 18.5. The molecule has 0 aliphatic rings. The maximum absolute atomic E-state index is 13.0. The number of rotatable bonds is 5. The molecule has 0 bridgehead atoms. The average molecular weight is 336 g/mol. The molecule has 0 aromatic heterocycles. The smallest absolute Gasteiger partial charge is 0.265 e. The molecule has 2 rings (SSSR count). The van der Waals surface area contributed by atoms with Crippen LogP contribution in [0.5, 0.6) is 5.75 Å². The number of nitrogens with one attached hydrogen (secondary N) is 1. The molecule has 120 valence electrons. The van der Waals surface area contributed by atoms with Crippen molar-refractivity contribution in [1.29, 1.82) is 0 Å². The molecule has 1 atom stereocenters. The molecule has 6 heteroatoms. The number of Topliss-reactive ketones (excluding diaryl/α,β-unsaturated/α-hetero) is 1. The predicted molar refractivity (Wildman–Crippen MR) is 86.6 cm³/mol. The largest absolute Gasteiger partial charge is 0.481 e. The van der Waals surface area contributed by atoms with Crippen molar-refractivity contribution in [3.8, 4) is 5.75 Å². The van der Waals surface area contributed by atoms with Crippen LogP contribution < -0.4 is 10.1 Å². The van der Waals surface area contributed by atoms with Gasteiger partial charge < -0.3 is 10.1 Å². The van der Waals surface area contributed by atoms with Crippen molar-refractivity contribution < 1.29 is 18.7 Å². The monoisotopic (exact) mass is 335 g/mol. The van der Waals surface area contributed by atoms with Gasteiger partial charge in [-0.25, -0.2) is 4.39 Å². The van der Waals surface area contributed by atoms with E-state index in [0.29, 0.717) is 17.0 Å². The Labute approximate surface area is 138 Å². The summed E-state index contributed by atoms with van der Waals surface area (Å²) in [7, 11) is 0. The lowest BCUT2D eigenvalue weighted by Crippen LogP contribution is -2.30. The van der Waals surface area contributed by atoms with Gasteiger partial charge in [0.2, 0.25) is 0 Å². The van der Waals surface area contributed by atoms with E-state index in [1.807, 2.05) is 0 Å². The molecule has 0 aliphatic heterocycles. The van der Waals surface area contributed by atoms with Gasteiger partial charge in [-0.1, -0.05) is 23.7 Å². The lowest BCUT2D eigenvalue weighted by molar-refractivity contribution is -0.122. The van der Waals surface area contributed by atoms with Crippen LogP contribution >= 0.6 is 11.6 Å². The molecular formula is C17H15ClFNO3. The molecular weight excluding hydrogens is 321 g/mol. The summed E-state index contributed by atoms with van der Waals surface area (Å²) >= 11 is 5.86. The molecule has 1 amide bonds. The van der Waals surface area contributed by atoms with Crippen molar-refractivity contribution in [2.75, 3.05) is 5.32 Å². The molecule has 0 fully saturated rings. The summed E-state index contributed by atoms with van der Waals surface area (Å²) in [4.78, 5) is 23.5. The fourth-order valence-corrected chi connectivity index (χ4v) is 2.09. The van der Waals surface area contributed by atoms with Crippen LogP contribution in [0.15, 0.2) is 42.5 Å². The molecule has 1 N–H and O–H groups in total. The second kappa shape index (κ2) is 7.24. The van der Waals surface area contributed by atoms with Crippen molar-refractivity contribution in [1.82, 2.24) is 0 Å². The third-order valence-electron chi connectivity index (χ3n) is 3.11. The predicted octanol–water partition coefficient (Wildman–Crippen LogP) is 4.09. The summed E-state index contributed by atoms with van der Waals surface area (Å²) in [5.74, 6) is -0.610. The van der Waals surface area contributed by atoms with Gasteiger partial charge in [-0.3, -0.25) is 9.59 Å². The van der Waals surface area contributed by atoms with E-state index in [2.05, 4.69) is 5.32 Å². The summed E-state index contributed by atoms with van der Waals surface area (Å²) in [5, 5.41) is 2.67. The fraction of sp³-hybridized carbons (Fsp3) is 0.176. The second-order valence-corrected chi connectivity index (χ2v) is 5.36. The van der Waals surface area contributed by atoms with E-state index in [1.54, 1.807) is 31.2 Å². The molecule has 0 radical (unpaired) electrons. The van der Waals surface area contributed by atoms with Gasteiger partial charge in [0.1, 0.15) is 11.6 Å². The first kappa shape index (κ1) is 17.0. The first-order valence-corrected chi connectivity index (χ1v) is 7.28. The van der Waals surface area contributed by atoms with Gasteiger partial charge in [0.25, 0.3) is 5.91 Å². The van der Waals surface area contributed by atoms with Crippen molar-refractivity contribution >= 4 is 29.0 Å². The summed E-state index contributed by atoms with van der Waals surface area (Å²) in [5.41, 5.74) is 0.794. The zero-order valence-electron chi connectivity index (χ0n) is 12.6. The van der Waals surface area contributed by atoms with Gasteiger partial charge in [0.05, 0.1) is 10.7 Å². The maximum Gasteiger partial charge on any atom is 0.265 e. The van der Waals surface area contributed by atoms with Gasteiger partial charge in [-0.2, -0.15) is 0 Å². The third-order valence-corrected chi connectivity index (χ3v) is 3.42. The van der Waals surface area contributed by atoms with E-state index in [0.717, 1.165) is 6.07 Å². The Morgan fingerprint density at radius 3 is 2.61 bits per heavy atom. The van der Waals surface area contributed by atoms with Crippen LogP contribution in [0.25, 0.3) is 0 Å². The Kier molecular flexibility index (Phi) is 5.34. The number of ether oxygens (including phenoxy) is 1. The van der Waals surface area contributed by atoms with E-state index in [4.69, 9.17) is 16.3 Å². The second-order valence-electron chi connectivity index (χ2n) is 4.96. The maximum atomic E-state index is 13.0. The Hall–Kier alpha value is -2.40. The Morgan fingerprint density at radius 1 is 1.22 bits per heavy atom. The highest BCUT2D eigenvalue weighted by molar-refractivity contribution is 6.33. The molecule has 4 nitrogen and oxygen atoms in total. The summed E-state index contributed by atoms with van der Waals surface area (Å²) in [6.45, 7) is 3.01. The Bertz CT molecular complexity index is 748.